The molecule has 3 rings (SSSR count). The zero-order valence-corrected chi connectivity index (χ0v) is 15.2. The highest BCUT2D eigenvalue weighted by molar-refractivity contribution is 7.17. The molecule has 0 spiro atoms. The van der Waals surface area contributed by atoms with E-state index < -0.39 is 0 Å². The van der Waals surface area contributed by atoms with E-state index in [2.05, 4.69) is 10.4 Å². The fraction of sp³-hybridized carbons (Fsp3) is 0.211. The van der Waals surface area contributed by atoms with Crippen LogP contribution in [0.15, 0.2) is 54.7 Å². The maximum atomic E-state index is 12.1. The number of amides is 1. The molecular formula is C19H19N3O3S. The molecule has 0 aliphatic carbocycles. The summed E-state index contributed by atoms with van der Waals surface area (Å²) < 4.78 is 6.29. The molecule has 1 amide bonds. The molecule has 0 radical (unpaired) electrons. The molecule has 0 saturated carbocycles. The second kappa shape index (κ2) is 8.44. The molecule has 0 unspecified atom stereocenters. The number of ether oxygens (including phenoxy) is 1. The molecule has 1 N–H and O–H groups in total. The molecule has 7 heteroatoms. The molecule has 2 aromatic heterocycles. The molecule has 134 valence electrons. The van der Waals surface area contributed by atoms with E-state index in [9.17, 15) is 9.59 Å². The monoisotopic (exact) mass is 369 g/mol. The second-order valence-corrected chi connectivity index (χ2v) is 6.72. The van der Waals surface area contributed by atoms with Gasteiger partial charge in [-0.25, -0.2) is 4.79 Å². The first-order chi connectivity index (χ1) is 12.7. The number of hydrogen-bond donors (Lipinski definition) is 1. The van der Waals surface area contributed by atoms with Gasteiger partial charge in [0.1, 0.15) is 17.1 Å². The normalized spacial score (nSPS) is 10.5. The standard InChI is InChI=1S/C19H19N3O3S/c1-25-19(24)17-8-7-16(26-17)15-10-12-22(21-15)13-18(23)20-11-9-14-5-3-2-4-6-14/h2-8,10,12H,9,11,13H2,1H3,(H,20,23). The number of nitrogens with one attached hydrogen (secondary N) is 1. The van der Waals surface area contributed by atoms with Crippen molar-refractivity contribution in [2.75, 3.05) is 13.7 Å². The fourth-order valence-corrected chi connectivity index (χ4v) is 3.35. The summed E-state index contributed by atoms with van der Waals surface area (Å²) >= 11 is 1.31. The Bertz CT molecular complexity index is 886. The average Bonchev–Trinajstić information content (AvgIpc) is 3.31. The van der Waals surface area contributed by atoms with E-state index in [1.54, 1.807) is 16.9 Å². The minimum absolute atomic E-state index is 0.0861. The Morgan fingerprint density at radius 2 is 1.96 bits per heavy atom. The molecule has 2 heterocycles. The van der Waals surface area contributed by atoms with Crippen molar-refractivity contribution < 1.29 is 14.3 Å². The number of rotatable bonds is 7. The number of thiophene rings is 1. The lowest BCUT2D eigenvalue weighted by Crippen LogP contribution is -2.29. The summed E-state index contributed by atoms with van der Waals surface area (Å²) in [7, 11) is 1.35. The highest BCUT2D eigenvalue weighted by atomic mass is 32.1. The summed E-state index contributed by atoms with van der Waals surface area (Å²) in [6.45, 7) is 0.744. The highest BCUT2D eigenvalue weighted by Gasteiger charge is 2.12. The second-order valence-electron chi connectivity index (χ2n) is 5.64. The van der Waals surface area contributed by atoms with Gasteiger partial charge in [0.15, 0.2) is 0 Å². The van der Waals surface area contributed by atoms with E-state index in [0.29, 0.717) is 11.4 Å². The summed E-state index contributed by atoms with van der Waals surface area (Å²) in [4.78, 5) is 25.0. The SMILES string of the molecule is COC(=O)c1ccc(-c2ccn(CC(=O)NCCc3ccccc3)n2)s1. The van der Waals surface area contributed by atoms with Crippen molar-refractivity contribution in [2.45, 2.75) is 13.0 Å². The van der Waals surface area contributed by atoms with Crippen molar-refractivity contribution in [1.29, 1.82) is 0 Å². The number of aromatic nitrogens is 2. The summed E-state index contributed by atoms with van der Waals surface area (Å²) in [6.07, 6.45) is 2.55. The molecule has 0 atom stereocenters. The van der Waals surface area contributed by atoms with Crippen molar-refractivity contribution in [2.24, 2.45) is 0 Å². The van der Waals surface area contributed by atoms with Crippen LogP contribution in [-0.4, -0.2) is 35.3 Å². The zero-order valence-electron chi connectivity index (χ0n) is 14.3. The van der Waals surface area contributed by atoms with Crippen LogP contribution in [0.2, 0.25) is 0 Å². The average molecular weight is 369 g/mol. The summed E-state index contributed by atoms with van der Waals surface area (Å²) in [5.41, 5.74) is 1.91. The van der Waals surface area contributed by atoms with E-state index in [1.165, 1.54) is 24.0 Å². The van der Waals surface area contributed by atoms with E-state index in [4.69, 9.17) is 4.74 Å². The van der Waals surface area contributed by atoms with Crippen LogP contribution in [0.4, 0.5) is 0 Å². The Labute approximate surface area is 155 Å². The van der Waals surface area contributed by atoms with Crippen LogP contribution in [0.3, 0.4) is 0 Å². The fourth-order valence-electron chi connectivity index (χ4n) is 2.46. The third-order valence-corrected chi connectivity index (χ3v) is 4.86. The van der Waals surface area contributed by atoms with Gasteiger partial charge in [-0.2, -0.15) is 5.10 Å². The molecule has 0 aliphatic heterocycles. The third-order valence-electron chi connectivity index (χ3n) is 3.77. The van der Waals surface area contributed by atoms with Gasteiger partial charge in [0.25, 0.3) is 0 Å². The summed E-state index contributed by atoms with van der Waals surface area (Å²) in [5, 5.41) is 7.30. The van der Waals surface area contributed by atoms with E-state index >= 15 is 0 Å². The van der Waals surface area contributed by atoms with Crippen molar-refractivity contribution in [1.82, 2.24) is 15.1 Å². The molecular weight excluding hydrogens is 350 g/mol. The number of benzene rings is 1. The van der Waals surface area contributed by atoms with Crippen LogP contribution >= 0.6 is 11.3 Å². The smallest absolute Gasteiger partial charge is 0.348 e. The first-order valence-corrected chi connectivity index (χ1v) is 9.00. The van der Waals surface area contributed by atoms with Gasteiger partial charge < -0.3 is 10.1 Å². The first kappa shape index (κ1) is 17.9. The number of carbonyl (C=O) groups excluding carboxylic acids is 2. The van der Waals surface area contributed by atoms with Gasteiger partial charge in [-0.1, -0.05) is 30.3 Å². The molecule has 0 bridgehead atoms. The Morgan fingerprint density at radius 1 is 1.15 bits per heavy atom. The lowest BCUT2D eigenvalue weighted by Gasteiger charge is -2.05. The van der Waals surface area contributed by atoms with Gasteiger partial charge in [0.2, 0.25) is 5.91 Å². The van der Waals surface area contributed by atoms with Gasteiger partial charge in [0, 0.05) is 12.7 Å². The maximum Gasteiger partial charge on any atom is 0.348 e. The van der Waals surface area contributed by atoms with Crippen LogP contribution in [0, 0.1) is 0 Å². The van der Waals surface area contributed by atoms with Crippen LogP contribution < -0.4 is 5.32 Å². The Kier molecular flexibility index (Phi) is 5.80. The van der Waals surface area contributed by atoms with Gasteiger partial charge in [-0.15, -0.1) is 11.3 Å². The Morgan fingerprint density at radius 3 is 2.73 bits per heavy atom. The molecule has 26 heavy (non-hydrogen) atoms. The van der Waals surface area contributed by atoms with Crippen molar-refractivity contribution >= 4 is 23.2 Å². The topological polar surface area (TPSA) is 73.2 Å². The van der Waals surface area contributed by atoms with Gasteiger partial charge >= 0.3 is 5.97 Å². The lowest BCUT2D eigenvalue weighted by atomic mass is 10.1. The van der Waals surface area contributed by atoms with Gasteiger partial charge in [-0.05, 0) is 30.2 Å². The minimum atomic E-state index is -0.363. The largest absolute Gasteiger partial charge is 0.465 e. The van der Waals surface area contributed by atoms with E-state index in [0.717, 1.165) is 17.0 Å². The van der Waals surface area contributed by atoms with Crippen LogP contribution in [0.5, 0.6) is 0 Å². The predicted molar refractivity (Wildman–Crippen MR) is 100 cm³/mol. The third kappa shape index (κ3) is 4.58. The Balaban J connectivity index is 1.52. The number of esters is 1. The molecule has 0 aliphatic rings. The molecule has 0 saturated heterocycles. The van der Waals surface area contributed by atoms with E-state index in [-0.39, 0.29) is 18.4 Å². The van der Waals surface area contributed by atoms with Crippen LogP contribution in [-0.2, 0) is 22.5 Å². The lowest BCUT2D eigenvalue weighted by molar-refractivity contribution is -0.121. The van der Waals surface area contributed by atoms with Gasteiger partial charge in [-0.3, -0.25) is 9.48 Å². The molecule has 3 aromatic rings. The summed E-state index contributed by atoms with van der Waals surface area (Å²) in [5.74, 6) is -0.449. The van der Waals surface area contributed by atoms with E-state index in [1.807, 2.05) is 42.5 Å². The number of methoxy groups -OCH3 is 1. The molecule has 6 nitrogen and oxygen atoms in total. The number of hydrogen-bond acceptors (Lipinski definition) is 5. The minimum Gasteiger partial charge on any atom is -0.465 e. The Hall–Kier alpha value is -2.93. The number of carbonyl (C=O) groups is 2. The summed E-state index contributed by atoms with van der Waals surface area (Å²) in [6, 6.07) is 15.4. The van der Waals surface area contributed by atoms with Crippen molar-refractivity contribution in [3.8, 4) is 10.6 Å². The first-order valence-electron chi connectivity index (χ1n) is 8.18. The molecule has 0 fully saturated rings. The van der Waals surface area contributed by atoms with Crippen LogP contribution in [0.1, 0.15) is 15.2 Å². The number of nitrogens with zero attached hydrogens (tertiary/aromatic N) is 2. The van der Waals surface area contributed by atoms with Crippen molar-refractivity contribution in [3.05, 3.63) is 65.2 Å². The van der Waals surface area contributed by atoms with Crippen molar-refractivity contribution in [3.63, 3.8) is 0 Å². The van der Waals surface area contributed by atoms with Crippen LogP contribution in [0.25, 0.3) is 10.6 Å². The molecule has 1 aromatic carbocycles. The highest BCUT2D eigenvalue weighted by Crippen LogP contribution is 2.27. The maximum absolute atomic E-state index is 12.1. The zero-order chi connectivity index (χ0) is 18.4. The van der Waals surface area contributed by atoms with Gasteiger partial charge in [0.05, 0.1) is 12.0 Å². The predicted octanol–water partition coefficient (Wildman–Crippen LogP) is 2.76. The quantitative estimate of drug-likeness (QED) is 0.650.